The van der Waals surface area contributed by atoms with Crippen LogP contribution in [0.1, 0.15) is 29.5 Å². The van der Waals surface area contributed by atoms with Gasteiger partial charge in [-0.2, -0.15) is 0 Å². The first-order valence-electron chi connectivity index (χ1n) is 6.24. The number of carbonyl (C=O) groups is 1. The molecule has 0 aliphatic carbocycles. The molecule has 1 aliphatic heterocycles. The van der Waals surface area contributed by atoms with Crippen molar-refractivity contribution in [2.24, 2.45) is 11.7 Å². The first-order valence-corrected chi connectivity index (χ1v) is 6.24. The van der Waals surface area contributed by atoms with Gasteiger partial charge in [-0.1, -0.05) is 6.92 Å². The van der Waals surface area contributed by atoms with E-state index in [9.17, 15) is 4.79 Å². The Morgan fingerprint density at radius 2 is 2.44 bits per heavy atom. The molecular weight excluding hydrogens is 232 g/mol. The van der Waals surface area contributed by atoms with Gasteiger partial charge in [0.1, 0.15) is 11.3 Å². The van der Waals surface area contributed by atoms with E-state index in [0.717, 1.165) is 19.5 Å². The lowest BCUT2D eigenvalue weighted by molar-refractivity contribution is 0.0595. The summed E-state index contributed by atoms with van der Waals surface area (Å²) < 4.78 is 10.1. The minimum atomic E-state index is -0.353. The number of esters is 1. The van der Waals surface area contributed by atoms with E-state index in [1.54, 1.807) is 6.07 Å². The highest BCUT2D eigenvalue weighted by Gasteiger charge is 2.25. The van der Waals surface area contributed by atoms with E-state index in [-0.39, 0.29) is 12.0 Å². The molecule has 5 heteroatoms. The van der Waals surface area contributed by atoms with Crippen molar-refractivity contribution in [2.45, 2.75) is 25.9 Å². The molecule has 18 heavy (non-hydrogen) atoms. The number of piperidine rings is 1. The zero-order chi connectivity index (χ0) is 13.1. The fraction of sp³-hybridized carbons (Fsp3) is 0.615. The fourth-order valence-corrected chi connectivity index (χ4v) is 2.27. The third-order valence-electron chi connectivity index (χ3n) is 3.62. The molecule has 2 unspecified atom stereocenters. The smallest absolute Gasteiger partial charge is 0.341 e. The predicted octanol–water partition coefficient (Wildman–Crippen LogP) is 1.24. The summed E-state index contributed by atoms with van der Waals surface area (Å²) in [7, 11) is 1.37. The molecular formula is C13H20N2O3. The average molecular weight is 252 g/mol. The van der Waals surface area contributed by atoms with E-state index in [2.05, 4.69) is 11.8 Å². The quantitative estimate of drug-likeness (QED) is 0.820. The molecule has 2 heterocycles. The maximum absolute atomic E-state index is 11.5. The number of methoxy groups -OCH3 is 1. The van der Waals surface area contributed by atoms with Gasteiger partial charge in [0.25, 0.3) is 0 Å². The molecule has 100 valence electrons. The Hall–Kier alpha value is -1.33. The van der Waals surface area contributed by atoms with Crippen LogP contribution in [0.2, 0.25) is 0 Å². The van der Waals surface area contributed by atoms with Crippen molar-refractivity contribution in [3.8, 4) is 0 Å². The van der Waals surface area contributed by atoms with Gasteiger partial charge in [-0.3, -0.25) is 4.90 Å². The van der Waals surface area contributed by atoms with Gasteiger partial charge >= 0.3 is 5.97 Å². The minimum Gasteiger partial charge on any atom is -0.467 e. The van der Waals surface area contributed by atoms with Gasteiger partial charge in [0.05, 0.1) is 19.9 Å². The molecule has 0 amide bonds. The van der Waals surface area contributed by atoms with Crippen LogP contribution in [-0.2, 0) is 11.3 Å². The van der Waals surface area contributed by atoms with Crippen molar-refractivity contribution in [1.82, 2.24) is 4.90 Å². The minimum absolute atomic E-state index is 0.190. The lowest BCUT2D eigenvalue weighted by Gasteiger charge is -2.34. The zero-order valence-electron chi connectivity index (χ0n) is 10.9. The number of hydrogen-bond acceptors (Lipinski definition) is 5. The second-order valence-corrected chi connectivity index (χ2v) is 4.91. The standard InChI is InChI=1S/C13H20N2O3/c1-9-3-5-15(7-11(9)14)8-12-10(4-6-18-12)13(16)17-2/h4,6,9,11H,3,5,7-8,14H2,1-2H3. The average Bonchev–Trinajstić information content (AvgIpc) is 2.81. The molecule has 0 spiro atoms. The summed E-state index contributed by atoms with van der Waals surface area (Å²) in [5.74, 6) is 0.856. The molecule has 0 aromatic carbocycles. The SMILES string of the molecule is COC(=O)c1ccoc1CN1CCC(C)C(N)C1. The van der Waals surface area contributed by atoms with Crippen molar-refractivity contribution in [3.63, 3.8) is 0 Å². The van der Waals surface area contributed by atoms with Crippen LogP contribution in [0.5, 0.6) is 0 Å². The number of nitrogens with zero attached hydrogens (tertiary/aromatic N) is 1. The molecule has 1 fully saturated rings. The van der Waals surface area contributed by atoms with E-state index in [0.29, 0.717) is 23.8 Å². The Balaban J connectivity index is 2.02. The zero-order valence-corrected chi connectivity index (χ0v) is 10.9. The monoisotopic (exact) mass is 252 g/mol. The van der Waals surface area contributed by atoms with Crippen molar-refractivity contribution in [2.75, 3.05) is 20.2 Å². The molecule has 1 aliphatic rings. The Morgan fingerprint density at radius 3 is 3.11 bits per heavy atom. The van der Waals surface area contributed by atoms with Crippen LogP contribution in [-0.4, -0.2) is 37.1 Å². The summed E-state index contributed by atoms with van der Waals surface area (Å²) in [6, 6.07) is 1.84. The number of rotatable bonds is 3. The topological polar surface area (TPSA) is 68.7 Å². The summed E-state index contributed by atoms with van der Waals surface area (Å²) >= 11 is 0. The highest BCUT2D eigenvalue weighted by molar-refractivity contribution is 5.90. The van der Waals surface area contributed by atoms with Gasteiger partial charge in [-0.15, -0.1) is 0 Å². The summed E-state index contributed by atoms with van der Waals surface area (Å²) in [5.41, 5.74) is 6.56. The van der Waals surface area contributed by atoms with Gasteiger partial charge in [0, 0.05) is 12.6 Å². The van der Waals surface area contributed by atoms with Gasteiger partial charge < -0.3 is 14.9 Å². The first kappa shape index (κ1) is 13.1. The number of carbonyl (C=O) groups excluding carboxylic acids is 1. The van der Waals surface area contributed by atoms with Gasteiger partial charge in [-0.25, -0.2) is 4.79 Å². The number of hydrogen-bond donors (Lipinski definition) is 1. The second-order valence-electron chi connectivity index (χ2n) is 4.91. The lowest BCUT2D eigenvalue weighted by Crippen LogP contribution is -2.47. The van der Waals surface area contributed by atoms with Crippen molar-refractivity contribution in [1.29, 1.82) is 0 Å². The third kappa shape index (κ3) is 2.73. The number of likely N-dealkylation sites (tertiary alicyclic amines) is 1. The van der Waals surface area contributed by atoms with E-state index < -0.39 is 0 Å². The van der Waals surface area contributed by atoms with Crippen LogP contribution in [0, 0.1) is 5.92 Å². The Bertz CT molecular complexity index is 416. The first-order chi connectivity index (χ1) is 8.61. The van der Waals surface area contributed by atoms with Crippen molar-refractivity contribution >= 4 is 5.97 Å². The molecule has 1 aromatic heterocycles. The van der Waals surface area contributed by atoms with Crippen molar-refractivity contribution < 1.29 is 13.9 Å². The van der Waals surface area contributed by atoms with E-state index in [1.165, 1.54) is 13.4 Å². The molecule has 2 atom stereocenters. The predicted molar refractivity (Wildman–Crippen MR) is 67.1 cm³/mol. The van der Waals surface area contributed by atoms with Crippen LogP contribution in [0.4, 0.5) is 0 Å². The van der Waals surface area contributed by atoms with Crippen molar-refractivity contribution in [3.05, 3.63) is 23.7 Å². The van der Waals surface area contributed by atoms with Crippen LogP contribution >= 0.6 is 0 Å². The largest absolute Gasteiger partial charge is 0.467 e. The summed E-state index contributed by atoms with van der Waals surface area (Å²) in [4.78, 5) is 13.7. The van der Waals surface area contributed by atoms with E-state index in [1.807, 2.05) is 0 Å². The normalized spacial score (nSPS) is 25.1. The fourth-order valence-electron chi connectivity index (χ4n) is 2.27. The van der Waals surface area contributed by atoms with Gasteiger partial charge in [0.15, 0.2) is 0 Å². The van der Waals surface area contributed by atoms with E-state index >= 15 is 0 Å². The van der Waals surface area contributed by atoms with Crippen LogP contribution in [0.25, 0.3) is 0 Å². The molecule has 0 saturated carbocycles. The molecule has 2 N–H and O–H groups in total. The Morgan fingerprint density at radius 1 is 1.67 bits per heavy atom. The third-order valence-corrected chi connectivity index (χ3v) is 3.62. The maximum atomic E-state index is 11.5. The Labute approximate surface area is 107 Å². The number of furan rings is 1. The molecule has 2 rings (SSSR count). The molecule has 1 aromatic rings. The van der Waals surface area contributed by atoms with E-state index in [4.69, 9.17) is 14.9 Å². The highest BCUT2D eigenvalue weighted by atomic mass is 16.5. The second kappa shape index (κ2) is 5.54. The summed E-state index contributed by atoms with van der Waals surface area (Å²) in [6.07, 6.45) is 2.60. The Kier molecular flexibility index (Phi) is 4.04. The molecule has 0 radical (unpaired) electrons. The van der Waals surface area contributed by atoms with Gasteiger partial charge in [0.2, 0.25) is 0 Å². The summed E-state index contributed by atoms with van der Waals surface area (Å²) in [5, 5.41) is 0. The van der Waals surface area contributed by atoms with Crippen LogP contribution in [0.15, 0.2) is 16.7 Å². The highest BCUT2D eigenvalue weighted by Crippen LogP contribution is 2.20. The van der Waals surface area contributed by atoms with Gasteiger partial charge in [-0.05, 0) is 24.9 Å². The number of nitrogens with two attached hydrogens (primary N) is 1. The summed E-state index contributed by atoms with van der Waals surface area (Å²) in [6.45, 7) is 4.60. The molecule has 5 nitrogen and oxygen atoms in total. The maximum Gasteiger partial charge on any atom is 0.341 e. The molecule has 1 saturated heterocycles. The van der Waals surface area contributed by atoms with Crippen LogP contribution < -0.4 is 5.73 Å². The molecule has 0 bridgehead atoms. The van der Waals surface area contributed by atoms with Crippen LogP contribution in [0.3, 0.4) is 0 Å². The number of ether oxygens (including phenoxy) is 1. The lowest BCUT2D eigenvalue weighted by atomic mass is 9.94.